The van der Waals surface area contributed by atoms with Crippen molar-refractivity contribution in [2.75, 3.05) is 20.6 Å². The molecule has 0 bridgehead atoms. The van der Waals surface area contributed by atoms with Gasteiger partial charge in [0.15, 0.2) is 6.29 Å². The minimum Gasteiger partial charge on any atom is -0.388 e. The zero-order valence-electron chi connectivity index (χ0n) is 20.5. The highest BCUT2D eigenvalue weighted by atomic mass is 16.3. The van der Waals surface area contributed by atoms with Crippen molar-refractivity contribution >= 4 is 17.6 Å². The first kappa shape index (κ1) is 25.7. The number of benzene rings is 2. The lowest BCUT2D eigenvalue weighted by Gasteiger charge is -2.35. The van der Waals surface area contributed by atoms with E-state index in [0.29, 0.717) is 6.42 Å². The van der Waals surface area contributed by atoms with Gasteiger partial charge in [0.2, 0.25) is 0 Å². The third-order valence-corrected chi connectivity index (χ3v) is 6.91. The maximum Gasteiger partial charge on any atom is 0.151 e. The highest BCUT2D eigenvalue weighted by Gasteiger charge is 2.38. The van der Waals surface area contributed by atoms with Crippen LogP contribution in [0, 0.1) is 11.8 Å². The summed E-state index contributed by atoms with van der Waals surface area (Å²) in [4.78, 5) is 12.3. The molecule has 1 aliphatic rings. The lowest BCUT2D eigenvalue weighted by atomic mass is 9.74. The Hall–Kier alpha value is -2.95. The maximum atomic E-state index is 12.3. The molecule has 34 heavy (non-hydrogen) atoms. The van der Waals surface area contributed by atoms with E-state index in [4.69, 9.17) is 0 Å². The second-order valence-corrected chi connectivity index (χ2v) is 9.28. The van der Waals surface area contributed by atoms with Crippen LogP contribution in [0.25, 0.3) is 11.3 Å². The summed E-state index contributed by atoms with van der Waals surface area (Å²) in [5.41, 5.74) is 4.17. The minimum absolute atomic E-state index is 0.0974. The lowest BCUT2D eigenvalue weighted by molar-refractivity contribution is -0.132. The summed E-state index contributed by atoms with van der Waals surface area (Å²) in [6.07, 6.45) is 10.7. The second-order valence-electron chi connectivity index (χ2n) is 9.28. The number of aryl methyl sites for hydroxylation is 1. The molecule has 0 heterocycles. The fraction of sp³-hybridized carbons (Fsp3) is 0.367. The van der Waals surface area contributed by atoms with Crippen molar-refractivity contribution in [1.29, 1.82) is 0 Å². The Morgan fingerprint density at radius 1 is 1.18 bits per heavy atom. The van der Waals surface area contributed by atoms with Crippen LogP contribution < -0.4 is 10.6 Å². The van der Waals surface area contributed by atoms with E-state index in [-0.39, 0.29) is 11.8 Å². The summed E-state index contributed by atoms with van der Waals surface area (Å²) in [7, 11) is 3.78. The molecule has 0 saturated carbocycles. The van der Waals surface area contributed by atoms with Crippen molar-refractivity contribution in [3.8, 4) is 0 Å². The van der Waals surface area contributed by atoms with E-state index in [1.165, 1.54) is 11.1 Å². The number of hydrogen-bond acceptors (Lipinski definition) is 4. The molecule has 2 aromatic rings. The van der Waals surface area contributed by atoms with E-state index in [2.05, 4.69) is 59.7 Å². The SMILES string of the molecule is C=C(NC)c1cccc(C2=CC=CC(CC(O)(C=O)C(CCNC)CCc3ccccc3)C2)c1. The van der Waals surface area contributed by atoms with Gasteiger partial charge in [0, 0.05) is 12.7 Å². The molecule has 0 radical (unpaired) electrons. The number of carbonyl (C=O) groups excluding carboxylic acids is 1. The predicted molar refractivity (Wildman–Crippen MR) is 142 cm³/mol. The Labute approximate surface area is 204 Å². The molecule has 3 N–H and O–H groups in total. The number of nitrogens with one attached hydrogen (secondary N) is 2. The first-order valence-electron chi connectivity index (χ1n) is 12.2. The van der Waals surface area contributed by atoms with Gasteiger partial charge in [0.05, 0.1) is 0 Å². The number of aliphatic hydroxyl groups is 1. The molecular weight excluding hydrogens is 420 g/mol. The molecular formula is C30H38N2O2. The van der Waals surface area contributed by atoms with Crippen LogP contribution in [0.1, 0.15) is 42.4 Å². The van der Waals surface area contributed by atoms with E-state index in [1.54, 1.807) is 0 Å². The fourth-order valence-electron chi connectivity index (χ4n) is 4.83. The van der Waals surface area contributed by atoms with Gasteiger partial charge in [-0.2, -0.15) is 0 Å². The summed E-state index contributed by atoms with van der Waals surface area (Å²) >= 11 is 0. The van der Waals surface area contributed by atoms with Gasteiger partial charge in [0.25, 0.3) is 0 Å². The average Bonchev–Trinajstić information content (AvgIpc) is 2.89. The predicted octanol–water partition coefficient (Wildman–Crippen LogP) is 5.01. The summed E-state index contributed by atoms with van der Waals surface area (Å²) < 4.78 is 0. The Morgan fingerprint density at radius 3 is 2.68 bits per heavy atom. The van der Waals surface area contributed by atoms with Crippen LogP contribution in [0.2, 0.25) is 0 Å². The van der Waals surface area contributed by atoms with Crippen LogP contribution in [-0.4, -0.2) is 37.6 Å². The normalized spacial score (nSPS) is 18.0. The van der Waals surface area contributed by atoms with E-state index >= 15 is 0 Å². The van der Waals surface area contributed by atoms with E-state index < -0.39 is 5.60 Å². The number of rotatable bonds is 13. The molecule has 3 atom stereocenters. The zero-order valence-corrected chi connectivity index (χ0v) is 20.5. The number of carbonyl (C=O) groups is 1. The van der Waals surface area contributed by atoms with Gasteiger partial charge in [-0.15, -0.1) is 0 Å². The van der Waals surface area contributed by atoms with Crippen molar-refractivity contribution in [1.82, 2.24) is 10.6 Å². The van der Waals surface area contributed by atoms with Gasteiger partial charge in [-0.3, -0.25) is 0 Å². The Kier molecular flexibility index (Phi) is 9.43. The van der Waals surface area contributed by atoms with E-state index in [9.17, 15) is 9.90 Å². The lowest BCUT2D eigenvalue weighted by Crippen LogP contribution is -2.43. The topological polar surface area (TPSA) is 61.4 Å². The first-order chi connectivity index (χ1) is 16.5. The zero-order chi connectivity index (χ0) is 24.4. The summed E-state index contributed by atoms with van der Waals surface area (Å²) in [5, 5.41) is 17.9. The largest absolute Gasteiger partial charge is 0.388 e. The third kappa shape index (κ3) is 6.78. The molecule has 0 aliphatic heterocycles. The number of hydrogen-bond donors (Lipinski definition) is 3. The van der Waals surface area contributed by atoms with Crippen LogP contribution in [-0.2, 0) is 11.2 Å². The molecule has 4 nitrogen and oxygen atoms in total. The van der Waals surface area contributed by atoms with Gasteiger partial charge in [-0.05, 0) is 85.9 Å². The van der Waals surface area contributed by atoms with Crippen LogP contribution >= 0.6 is 0 Å². The van der Waals surface area contributed by atoms with Crippen molar-refractivity contribution in [2.45, 2.75) is 37.7 Å². The fourth-order valence-corrected chi connectivity index (χ4v) is 4.83. The number of allylic oxidation sites excluding steroid dienone is 4. The van der Waals surface area contributed by atoms with Gasteiger partial charge in [-0.25, -0.2) is 0 Å². The molecule has 2 aromatic carbocycles. The average molecular weight is 459 g/mol. The van der Waals surface area contributed by atoms with Crippen molar-refractivity contribution in [3.63, 3.8) is 0 Å². The maximum absolute atomic E-state index is 12.3. The van der Waals surface area contributed by atoms with Crippen LogP contribution in [0.3, 0.4) is 0 Å². The number of aldehydes is 1. The molecule has 180 valence electrons. The van der Waals surface area contributed by atoms with Crippen molar-refractivity contribution < 1.29 is 9.90 Å². The third-order valence-electron chi connectivity index (χ3n) is 6.91. The van der Waals surface area contributed by atoms with Gasteiger partial charge >= 0.3 is 0 Å². The molecule has 0 aromatic heterocycles. The second kappa shape index (κ2) is 12.5. The van der Waals surface area contributed by atoms with E-state index in [1.807, 2.05) is 44.4 Å². The Bertz CT molecular complexity index is 1010. The molecule has 0 spiro atoms. The van der Waals surface area contributed by atoms with Crippen LogP contribution in [0.5, 0.6) is 0 Å². The van der Waals surface area contributed by atoms with E-state index in [0.717, 1.165) is 55.3 Å². The van der Waals surface area contributed by atoms with Crippen molar-refractivity contribution in [2.24, 2.45) is 11.8 Å². The summed E-state index contributed by atoms with van der Waals surface area (Å²) in [5.74, 6) is -0.0112. The van der Waals surface area contributed by atoms with Crippen LogP contribution in [0.4, 0.5) is 0 Å². The summed E-state index contributed by atoms with van der Waals surface area (Å²) in [6, 6.07) is 18.6. The molecule has 0 amide bonds. The Morgan fingerprint density at radius 2 is 1.97 bits per heavy atom. The van der Waals surface area contributed by atoms with Gasteiger partial charge in [0.1, 0.15) is 5.60 Å². The monoisotopic (exact) mass is 458 g/mol. The van der Waals surface area contributed by atoms with Gasteiger partial charge in [-0.1, -0.05) is 73.3 Å². The van der Waals surface area contributed by atoms with Crippen LogP contribution in [0.15, 0.2) is 79.4 Å². The molecule has 1 aliphatic carbocycles. The minimum atomic E-state index is -1.36. The van der Waals surface area contributed by atoms with Crippen molar-refractivity contribution in [3.05, 3.63) is 96.1 Å². The Balaban J connectivity index is 1.72. The highest BCUT2D eigenvalue weighted by Crippen LogP contribution is 2.36. The quantitative estimate of drug-likeness (QED) is 0.369. The molecule has 3 unspecified atom stereocenters. The first-order valence-corrected chi connectivity index (χ1v) is 12.2. The van der Waals surface area contributed by atoms with Gasteiger partial charge < -0.3 is 20.5 Å². The molecule has 0 fully saturated rings. The molecule has 3 rings (SSSR count). The standard InChI is InChI=1S/C30H38N2O2/c1-23(32-3)26-12-8-14-28(20-26)27-13-7-11-25(19-27)21-30(34,22-33)29(17-18-31-2)16-15-24-9-5-4-6-10-24/h4-14,20,22,25,29,31-32,34H,1,15-19,21H2,2-3H3. The highest BCUT2D eigenvalue weighted by molar-refractivity contribution is 5.73. The molecule has 4 heteroatoms. The summed E-state index contributed by atoms with van der Waals surface area (Å²) in [6.45, 7) is 4.83. The molecule has 0 saturated heterocycles. The smallest absolute Gasteiger partial charge is 0.151 e.